The van der Waals surface area contributed by atoms with Gasteiger partial charge in [-0.25, -0.2) is 4.79 Å². The average Bonchev–Trinajstić information content (AvgIpc) is 3.00. The normalized spacial score (nSPS) is 16.5. The summed E-state index contributed by atoms with van der Waals surface area (Å²) in [5, 5.41) is 11.7. The standard InChI is InChI=1S/C18H23N3O5/c1-18(2,3)25-17(23)10-5-6-12(13(7-10)16(19)20)14-8-11(21-26-14)9-15(22)24-4/h5-7,14H,8-9H2,1-4H3,(H3,19,20). The summed E-state index contributed by atoms with van der Waals surface area (Å²) in [5.41, 5.74) is 6.88. The first kappa shape index (κ1) is 19.4. The molecule has 0 aliphatic carbocycles. The van der Waals surface area contributed by atoms with E-state index in [4.69, 9.17) is 20.7 Å². The summed E-state index contributed by atoms with van der Waals surface area (Å²) in [6, 6.07) is 4.77. The topological polar surface area (TPSA) is 124 Å². The third-order valence-corrected chi connectivity index (χ3v) is 3.63. The Bertz CT molecular complexity index is 765. The Morgan fingerprint density at radius 3 is 2.65 bits per heavy atom. The molecular formula is C18H23N3O5. The highest BCUT2D eigenvalue weighted by Crippen LogP contribution is 2.31. The molecule has 0 spiro atoms. The van der Waals surface area contributed by atoms with Gasteiger partial charge in [0.15, 0.2) is 6.10 Å². The molecule has 2 rings (SSSR count). The van der Waals surface area contributed by atoms with Gasteiger partial charge in [-0.15, -0.1) is 0 Å². The van der Waals surface area contributed by atoms with Crippen LogP contribution in [0.15, 0.2) is 23.4 Å². The van der Waals surface area contributed by atoms with Crippen LogP contribution in [0.4, 0.5) is 0 Å². The van der Waals surface area contributed by atoms with Gasteiger partial charge in [0.25, 0.3) is 0 Å². The third kappa shape index (κ3) is 4.81. The van der Waals surface area contributed by atoms with Gasteiger partial charge in [0.2, 0.25) is 0 Å². The molecule has 0 aromatic heterocycles. The first-order chi connectivity index (χ1) is 12.1. The van der Waals surface area contributed by atoms with Gasteiger partial charge in [0.05, 0.1) is 24.8 Å². The second-order valence-corrected chi connectivity index (χ2v) is 6.93. The van der Waals surface area contributed by atoms with Gasteiger partial charge in [0, 0.05) is 17.5 Å². The second-order valence-electron chi connectivity index (χ2n) is 6.93. The molecule has 1 unspecified atom stereocenters. The van der Waals surface area contributed by atoms with Crippen LogP contribution in [0.25, 0.3) is 0 Å². The van der Waals surface area contributed by atoms with Crippen LogP contribution in [0.2, 0.25) is 0 Å². The van der Waals surface area contributed by atoms with Crippen LogP contribution in [0.5, 0.6) is 0 Å². The Kier molecular flexibility index (Phi) is 5.64. The fraction of sp³-hybridized carbons (Fsp3) is 0.444. The van der Waals surface area contributed by atoms with Crippen LogP contribution in [-0.4, -0.2) is 36.2 Å². The molecule has 1 atom stereocenters. The number of oxime groups is 1. The van der Waals surface area contributed by atoms with E-state index in [0.29, 0.717) is 28.8 Å². The molecule has 0 bridgehead atoms. The number of methoxy groups -OCH3 is 1. The minimum atomic E-state index is -0.628. The highest BCUT2D eigenvalue weighted by molar-refractivity contribution is 6.01. The SMILES string of the molecule is COC(=O)CC1=NOC(c2ccc(C(=O)OC(C)(C)C)cc2C(=N)N)C1. The van der Waals surface area contributed by atoms with Gasteiger partial charge in [0.1, 0.15) is 11.4 Å². The predicted octanol–water partition coefficient (Wildman–Crippen LogP) is 2.31. The summed E-state index contributed by atoms with van der Waals surface area (Å²) in [4.78, 5) is 29.0. The monoisotopic (exact) mass is 361 g/mol. The molecule has 0 saturated carbocycles. The molecule has 0 radical (unpaired) electrons. The third-order valence-electron chi connectivity index (χ3n) is 3.63. The first-order valence-corrected chi connectivity index (χ1v) is 8.11. The van der Waals surface area contributed by atoms with Gasteiger partial charge in [-0.2, -0.15) is 0 Å². The zero-order valence-corrected chi connectivity index (χ0v) is 15.3. The number of esters is 2. The van der Waals surface area contributed by atoms with Crippen molar-refractivity contribution in [3.8, 4) is 0 Å². The van der Waals surface area contributed by atoms with Crippen molar-refractivity contribution in [3.63, 3.8) is 0 Å². The molecule has 1 aromatic rings. The number of hydrogen-bond donors (Lipinski definition) is 2. The number of hydrogen-bond acceptors (Lipinski definition) is 7. The molecule has 1 heterocycles. The van der Waals surface area contributed by atoms with Crippen LogP contribution >= 0.6 is 0 Å². The van der Waals surface area contributed by atoms with Crippen LogP contribution in [-0.2, 0) is 19.1 Å². The Hall–Kier alpha value is -2.90. The summed E-state index contributed by atoms with van der Waals surface area (Å²) in [7, 11) is 1.30. The van der Waals surface area contributed by atoms with E-state index < -0.39 is 23.6 Å². The number of carbonyl (C=O) groups is 2. The summed E-state index contributed by atoms with van der Waals surface area (Å²) in [6.07, 6.45) is -0.0687. The van der Waals surface area contributed by atoms with Crippen molar-refractivity contribution < 1.29 is 23.9 Å². The molecule has 8 nitrogen and oxygen atoms in total. The number of benzene rings is 1. The second kappa shape index (κ2) is 7.55. The van der Waals surface area contributed by atoms with Crippen molar-refractivity contribution in [2.45, 2.75) is 45.3 Å². The van der Waals surface area contributed by atoms with Crippen LogP contribution in [0.1, 0.15) is 61.2 Å². The van der Waals surface area contributed by atoms with E-state index >= 15 is 0 Å². The van der Waals surface area contributed by atoms with Crippen LogP contribution in [0, 0.1) is 5.41 Å². The van der Waals surface area contributed by atoms with E-state index in [2.05, 4.69) is 9.89 Å². The van der Waals surface area contributed by atoms with Gasteiger partial charge in [-0.1, -0.05) is 11.2 Å². The summed E-state index contributed by atoms with van der Waals surface area (Å²) >= 11 is 0. The van der Waals surface area contributed by atoms with Gasteiger partial charge < -0.3 is 20.0 Å². The Balaban J connectivity index is 2.22. The molecule has 0 fully saturated rings. The van der Waals surface area contributed by atoms with E-state index in [-0.39, 0.29) is 12.3 Å². The molecule has 1 aliphatic heterocycles. The van der Waals surface area contributed by atoms with E-state index in [1.54, 1.807) is 32.9 Å². The lowest BCUT2D eigenvalue weighted by Gasteiger charge is -2.20. The number of ether oxygens (including phenoxy) is 2. The van der Waals surface area contributed by atoms with Crippen LogP contribution in [0.3, 0.4) is 0 Å². The van der Waals surface area contributed by atoms with E-state index in [1.165, 1.54) is 13.2 Å². The number of nitrogens with zero attached hydrogens (tertiary/aromatic N) is 1. The largest absolute Gasteiger partial charge is 0.469 e. The highest BCUT2D eigenvalue weighted by Gasteiger charge is 2.28. The molecule has 0 amide bonds. The Labute approximate surface area is 151 Å². The van der Waals surface area contributed by atoms with E-state index in [1.807, 2.05) is 0 Å². The zero-order chi connectivity index (χ0) is 19.5. The first-order valence-electron chi connectivity index (χ1n) is 8.11. The van der Waals surface area contributed by atoms with Crippen molar-refractivity contribution in [1.29, 1.82) is 5.41 Å². The number of nitrogen functional groups attached to an aromatic ring is 1. The van der Waals surface area contributed by atoms with Gasteiger partial charge in [-0.3, -0.25) is 10.2 Å². The molecular weight excluding hydrogens is 338 g/mol. The summed E-state index contributed by atoms with van der Waals surface area (Å²) < 4.78 is 9.96. The van der Waals surface area contributed by atoms with E-state index in [0.717, 1.165) is 0 Å². The smallest absolute Gasteiger partial charge is 0.338 e. The Morgan fingerprint density at radius 2 is 2.08 bits per heavy atom. The molecule has 3 N–H and O–H groups in total. The van der Waals surface area contributed by atoms with Crippen molar-refractivity contribution in [1.82, 2.24) is 0 Å². The zero-order valence-electron chi connectivity index (χ0n) is 15.3. The number of rotatable bonds is 5. The number of nitrogens with two attached hydrogens (primary N) is 1. The lowest BCUT2D eigenvalue weighted by molar-refractivity contribution is -0.139. The highest BCUT2D eigenvalue weighted by atomic mass is 16.6. The molecule has 0 saturated heterocycles. The number of nitrogens with one attached hydrogen (secondary N) is 1. The van der Waals surface area contributed by atoms with Gasteiger partial charge in [-0.05, 0) is 32.9 Å². The summed E-state index contributed by atoms with van der Waals surface area (Å²) in [5.74, 6) is -1.10. The van der Waals surface area contributed by atoms with E-state index in [9.17, 15) is 9.59 Å². The molecule has 1 aliphatic rings. The van der Waals surface area contributed by atoms with Gasteiger partial charge >= 0.3 is 11.9 Å². The lowest BCUT2D eigenvalue weighted by atomic mass is 9.95. The van der Waals surface area contributed by atoms with Crippen molar-refractivity contribution in [2.75, 3.05) is 7.11 Å². The maximum absolute atomic E-state index is 12.2. The van der Waals surface area contributed by atoms with Crippen molar-refractivity contribution >= 4 is 23.5 Å². The molecule has 8 heteroatoms. The maximum Gasteiger partial charge on any atom is 0.338 e. The van der Waals surface area contributed by atoms with Crippen molar-refractivity contribution in [2.24, 2.45) is 10.9 Å². The van der Waals surface area contributed by atoms with Crippen LogP contribution < -0.4 is 5.73 Å². The summed E-state index contributed by atoms with van der Waals surface area (Å²) in [6.45, 7) is 5.33. The number of carbonyl (C=O) groups excluding carboxylic acids is 2. The fourth-order valence-corrected chi connectivity index (χ4v) is 2.47. The molecule has 1 aromatic carbocycles. The maximum atomic E-state index is 12.2. The minimum Gasteiger partial charge on any atom is -0.469 e. The average molecular weight is 361 g/mol. The predicted molar refractivity (Wildman–Crippen MR) is 95.1 cm³/mol. The van der Waals surface area contributed by atoms with Crippen molar-refractivity contribution in [3.05, 3.63) is 34.9 Å². The quantitative estimate of drug-likeness (QED) is 0.471. The molecule has 140 valence electrons. The Morgan fingerprint density at radius 1 is 1.38 bits per heavy atom. The minimum absolute atomic E-state index is 0.0401. The lowest BCUT2D eigenvalue weighted by Crippen LogP contribution is -2.24. The fourth-order valence-electron chi connectivity index (χ4n) is 2.47. The molecule has 26 heavy (non-hydrogen) atoms. The number of amidine groups is 1.